The number of amides is 1. The third-order valence-corrected chi connectivity index (χ3v) is 6.80. The lowest BCUT2D eigenvalue weighted by molar-refractivity contribution is 0.103. The third kappa shape index (κ3) is 3.66. The molecule has 1 amide bonds. The Balaban J connectivity index is 1.62. The van der Waals surface area contributed by atoms with Crippen LogP contribution in [0.25, 0.3) is 19.5 Å². The standard InChI is InChI=1S/C18H13FN2O3S3/c1-27(23,24)21-13-8-10(6-7-12(13)19)20-18(22)16-9-15-17(26-16)11-4-2-3-5-14(11)25-15/h2-9,21H,1H3,(H,20,22). The molecule has 4 aromatic rings. The summed E-state index contributed by atoms with van der Waals surface area (Å²) in [7, 11) is -3.63. The lowest BCUT2D eigenvalue weighted by atomic mass is 10.2. The van der Waals surface area contributed by atoms with Gasteiger partial charge in [-0.15, -0.1) is 22.7 Å². The minimum atomic E-state index is -3.63. The molecule has 2 aromatic heterocycles. The molecule has 5 nitrogen and oxygen atoms in total. The summed E-state index contributed by atoms with van der Waals surface area (Å²) in [5, 5.41) is 3.80. The molecule has 2 N–H and O–H groups in total. The Labute approximate surface area is 162 Å². The predicted molar refractivity (Wildman–Crippen MR) is 110 cm³/mol. The molecule has 0 aliphatic heterocycles. The first-order valence-electron chi connectivity index (χ1n) is 7.80. The van der Waals surface area contributed by atoms with Gasteiger partial charge in [-0.3, -0.25) is 9.52 Å². The number of hydrogen-bond acceptors (Lipinski definition) is 5. The van der Waals surface area contributed by atoms with Gasteiger partial charge in [0, 0.05) is 20.5 Å². The summed E-state index contributed by atoms with van der Waals surface area (Å²) in [6, 6.07) is 13.6. The molecule has 0 saturated carbocycles. The van der Waals surface area contributed by atoms with Crippen LogP contribution in [-0.4, -0.2) is 20.6 Å². The Kier molecular flexibility index (Phi) is 4.37. The first-order chi connectivity index (χ1) is 12.8. The van der Waals surface area contributed by atoms with Gasteiger partial charge in [-0.1, -0.05) is 18.2 Å². The molecule has 0 spiro atoms. The number of nitrogens with one attached hydrogen (secondary N) is 2. The zero-order chi connectivity index (χ0) is 19.2. The van der Waals surface area contributed by atoms with Crippen LogP contribution in [0.2, 0.25) is 0 Å². The summed E-state index contributed by atoms with van der Waals surface area (Å²) in [6.45, 7) is 0. The van der Waals surface area contributed by atoms with Crippen molar-refractivity contribution < 1.29 is 17.6 Å². The van der Waals surface area contributed by atoms with Crippen molar-refractivity contribution in [2.75, 3.05) is 16.3 Å². The number of anilines is 2. The van der Waals surface area contributed by atoms with Crippen molar-refractivity contribution in [1.82, 2.24) is 0 Å². The molecule has 138 valence electrons. The van der Waals surface area contributed by atoms with Crippen LogP contribution in [0.4, 0.5) is 15.8 Å². The highest BCUT2D eigenvalue weighted by Crippen LogP contribution is 2.39. The SMILES string of the molecule is CS(=O)(=O)Nc1cc(NC(=O)c2cc3sc4ccccc4c3s2)ccc1F. The number of sulfonamides is 1. The van der Waals surface area contributed by atoms with Gasteiger partial charge in [0.05, 0.1) is 21.5 Å². The van der Waals surface area contributed by atoms with Gasteiger partial charge >= 0.3 is 0 Å². The molecule has 9 heteroatoms. The van der Waals surface area contributed by atoms with Crippen molar-refractivity contribution in [2.24, 2.45) is 0 Å². The van der Waals surface area contributed by atoms with E-state index < -0.39 is 15.8 Å². The molecule has 0 saturated heterocycles. The molecule has 27 heavy (non-hydrogen) atoms. The molecule has 0 radical (unpaired) electrons. The summed E-state index contributed by atoms with van der Waals surface area (Å²) in [5.41, 5.74) is 0.0858. The fourth-order valence-electron chi connectivity index (χ4n) is 2.69. The summed E-state index contributed by atoms with van der Waals surface area (Å²) in [4.78, 5) is 13.1. The first kappa shape index (κ1) is 17.9. The highest BCUT2D eigenvalue weighted by atomic mass is 32.2. The van der Waals surface area contributed by atoms with Gasteiger partial charge in [-0.25, -0.2) is 12.8 Å². The summed E-state index contributed by atoms with van der Waals surface area (Å²) >= 11 is 3.01. The summed E-state index contributed by atoms with van der Waals surface area (Å²) < 4.78 is 41.8. The van der Waals surface area contributed by atoms with Gasteiger partial charge in [-0.2, -0.15) is 0 Å². The Bertz CT molecular complexity index is 1290. The lowest BCUT2D eigenvalue weighted by Crippen LogP contribution is -2.13. The Morgan fingerprint density at radius 3 is 2.59 bits per heavy atom. The molecule has 4 rings (SSSR count). The second-order valence-corrected chi connectivity index (χ2v) is 9.81. The maximum absolute atomic E-state index is 13.8. The van der Waals surface area contributed by atoms with Crippen molar-refractivity contribution in [3.05, 3.63) is 59.2 Å². The van der Waals surface area contributed by atoms with Crippen LogP contribution in [0.5, 0.6) is 0 Å². The van der Waals surface area contributed by atoms with Crippen LogP contribution in [0.15, 0.2) is 48.5 Å². The number of carbonyl (C=O) groups is 1. The van der Waals surface area contributed by atoms with Crippen LogP contribution in [-0.2, 0) is 10.0 Å². The zero-order valence-electron chi connectivity index (χ0n) is 13.9. The van der Waals surface area contributed by atoms with E-state index in [1.165, 1.54) is 28.2 Å². The number of rotatable bonds is 4. The van der Waals surface area contributed by atoms with Crippen molar-refractivity contribution in [3.63, 3.8) is 0 Å². The van der Waals surface area contributed by atoms with E-state index in [0.29, 0.717) is 10.6 Å². The van der Waals surface area contributed by atoms with Crippen LogP contribution in [0.3, 0.4) is 0 Å². The van der Waals surface area contributed by atoms with E-state index in [-0.39, 0.29) is 11.6 Å². The zero-order valence-corrected chi connectivity index (χ0v) is 16.4. The van der Waals surface area contributed by atoms with Crippen LogP contribution < -0.4 is 10.0 Å². The average molecular weight is 421 g/mol. The molecular weight excluding hydrogens is 407 g/mol. The molecule has 0 bridgehead atoms. The highest BCUT2D eigenvalue weighted by Gasteiger charge is 2.15. The van der Waals surface area contributed by atoms with E-state index in [1.54, 1.807) is 11.3 Å². The van der Waals surface area contributed by atoms with Gasteiger partial charge in [0.2, 0.25) is 10.0 Å². The lowest BCUT2D eigenvalue weighted by Gasteiger charge is -2.09. The van der Waals surface area contributed by atoms with E-state index in [9.17, 15) is 17.6 Å². The minimum Gasteiger partial charge on any atom is -0.321 e. The van der Waals surface area contributed by atoms with Crippen molar-refractivity contribution >= 4 is 69.5 Å². The van der Waals surface area contributed by atoms with E-state index in [1.807, 2.05) is 30.3 Å². The number of benzene rings is 2. The van der Waals surface area contributed by atoms with Crippen molar-refractivity contribution in [2.45, 2.75) is 0 Å². The molecule has 0 aliphatic carbocycles. The average Bonchev–Trinajstić information content (AvgIpc) is 3.14. The predicted octanol–water partition coefficient (Wildman–Crippen LogP) is 4.88. The van der Waals surface area contributed by atoms with Gasteiger partial charge < -0.3 is 5.32 Å². The van der Waals surface area contributed by atoms with E-state index >= 15 is 0 Å². The second kappa shape index (κ2) is 6.59. The Hall–Kier alpha value is -2.49. The molecule has 2 aromatic carbocycles. The van der Waals surface area contributed by atoms with Crippen LogP contribution in [0.1, 0.15) is 9.67 Å². The monoisotopic (exact) mass is 420 g/mol. The first-order valence-corrected chi connectivity index (χ1v) is 11.3. The maximum atomic E-state index is 13.8. The number of carbonyl (C=O) groups excluding carboxylic acids is 1. The van der Waals surface area contributed by atoms with Crippen LogP contribution in [0, 0.1) is 5.82 Å². The fraction of sp³-hybridized carbons (Fsp3) is 0.0556. The Morgan fingerprint density at radius 2 is 1.81 bits per heavy atom. The van der Waals surface area contributed by atoms with Gasteiger partial charge in [0.15, 0.2) is 0 Å². The summed E-state index contributed by atoms with van der Waals surface area (Å²) in [5.74, 6) is -1.05. The third-order valence-electron chi connectivity index (χ3n) is 3.79. The molecule has 2 heterocycles. The van der Waals surface area contributed by atoms with Crippen LogP contribution >= 0.6 is 22.7 Å². The number of fused-ring (bicyclic) bond motifs is 3. The number of hydrogen-bond donors (Lipinski definition) is 2. The maximum Gasteiger partial charge on any atom is 0.265 e. The van der Waals surface area contributed by atoms with Crippen molar-refractivity contribution in [3.8, 4) is 0 Å². The quantitative estimate of drug-likeness (QED) is 0.494. The van der Waals surface area contributed by atoms with Gasteiger partial charge in [-0.05, 0) is 30.3 Å². The van der Waals surface area contributed by atoms with Gasteiger partial charge in [0.1, 0.15) is 5.82 Å². The highest BCUT2D eigenvalue weighted by molar-refractivity contribution is 7.92. The number of halogens is 1. The smallest absolute Gasteiger partial charge is 0.265 e. The molecule has 0 aliphatic rings. The molecule has 0 fully saturated rings. The topological polar surface area (TPSA) is 75.3 Å². The summed E-state index contributed by atoms with van der Waals surface area (Å²) in [6.07, 6.45) is 0.931. The Morgan fingerprint density at radius 1 is 1.04 bits per heavy atom. The molecule has 0 unspecified atom stereocenters. The fourth-order valence-corrected chi connectivity index (χ4v) is 5.66. The van der Waals surface area contributed by atoms with Gasteiger partial charge in [0.25, 0.3) is 5.91 Å². The molecule has 0 atom stereocenters. The second-order valence-electron chi connectivity index (χ2n) is 5.93. The van der Waals surface area contributed by atoms with E-state index in [0.717, 1.165) is 27.1 Å². The molecular formula is C18H13FN2O3S3. The van der Waals surface area contributed by atoms with E-state index in [2.05, 4.69) is 10.0 Å². The normalized spacial score (nSPS) is 11.8. The minimum absolute atomic E-state index is 0.214. The van der Waals surface area contributed by atoms with E-state index in [4.69, 9.17) is 0 Å². The van der Waals surface area contributed by atoms with Crippen molar-refractivity contribution in [1.29, 1.82) is 0 Å². The largest absolute Gasteiger partial charge is 0.321 e. The number of thiophene rings is 2.